The number of aryl methyl sites for hydroxylation is 1. The van der Waals surface area contributed by atoms with Gasteiger partial charge in [-0.25, -0.2) is 4.98 Å². The maximum atomic E-state index is 13.4. The van der Waals surface area contributed by atoms with Crippen LogP contribution in [-0.2, 0) is 16.1 Å². The van der Waals surface area contributed by atoms with E-state index in [-0.39, 0.29) is 36.8 Å². The molecule has 0 spiro atoms. The molecule has 8 heteroatoms. The number of piperidine rings is 1. The number of aromatic nitrogens is 2. The molecule has 8 nitrogen and oxygen atoms in total. The average Bonchev–Trinajstić information content (AvgIpc) is 2.73. The van der Waals surface area contributed by atoms with Crippen LogP contribution < -0.4 is 16.2 Å². The van der Waals surface area contributed by atoms with Crippen molar-refractivity contribution in [2.75, 3.05) is 0 Å². The van der Waals surface area contributed by atoms with Crippen LogP contribution in [0.5, 0.6) is 0 Å². The lowest BCUT2D eigenvalue weighted by atomic mass is 10.0. The summed E-state index contributed by atoms with van der Waals surface area (Å²) in [6, 6.07) is 13.2. The van der Waals surface area contributed by atoms with Crippen LogP contribution in [0.15, 0.2) is 53.3 Å². The fourth-order valence-electron chi connectivity index (χ4n) is 3.73. The van der Waals surface area contributed by atoms with Crippen LogP contribution in [0.4, 0.5) is 0 Å². The highest BCUT2D eigenvalue weighted by Crippen LogP contribution is 2.21. The number of benzene rings is 2. The van der Waals surface area contributed by atoms with Gasteiger partial charge in [0.15, 0.2) is 0 Å². The van der Waals surface area contributed by atoms with Crippen LogP contribution in [0.1, 0.15) is 40.6 Å². The van der Waals surface area contributed by atoms with Gasteiger partial charge in [-0.05, 0) is 37.1 Å². The predicted octanol–water partition coefficient (Wildman–Crippen LogP) is 1.61. The third-order valence-electron chi connectivity index (χ3n) is 5.19. The molecule has 2 aromatic carbocycles. The zero-order valence-electron chi connectivity index (χ0n) is 16.3. The Kier molecular flexibility index (Phi) is 5.14. The molecule has 0 radical (unpaired) electrons. The first-order valence-electron chi connectivity index (χ1n) is 9.63. The fourth-order valence-corrected chi connectivity index (χ4v) is 3.73. The van der Waals surface area contributed by atoms with Crippen molar-refractivity contribution in [3.63, 3.8) is 0 Å². The molecular formula is C22H20N4O4. The van der Waals surface area contributed by atoms with Crippen LogP contribution in [0.2, 0.25) is 0 Å². The van der Waals surface area contributed by atoms with Crippen molar-refractivity contribution in [2.24, 2.45) is 0 Å². The highest BCUT2D eigenvalue weighted by atomic mass is 16.2. The van der Waals surface area contributed by atoms with Crippen molar-refractivity contribution >= 4 is 28.6 Å². The van der Waals surface area contributed by atoms with Gasteiger partial charge in [-0.1, -0.05) is 30.3 Å². The Morgan fingerprint density at radius 2 is 1.90 bits per heavy atom. The molecule has 2 N–H and O–H groups in total. The fraction of sp³-hybridized carbons (Fsp3) is 0.227. The zero-order valence-corrected chi connectivity index (χ0v) is 16.3. The lowest BCUT2D eigenvalue weighted by molar-refractivity contribution is -0.135. The number of carbonyl (C=O) groups excluding carboxylic acids is 3. The number of rotatable bonds is 4. The summed E-state index contributed by atoms with van der Waals surface area (Å²) in [7, 11) is 0. The highest BCUT2D eigenvalue weighted by molar-refractivity contribution is 5.99. The molecular weight excluding hydrogens is 384 g/mol. The van der Waals surface area contributed by atoms with Crippen molar-refractivity contribution in [2.45, 2.75) is 32.4 Å². The zero-order chi connectivity index (χ0) is 21.3. The second kappa shape index (κ2) is 7.90. The van der Waals surface area contributed by atoms with Crippen molar-refractivity contribution in [1.29, 1.82) is 0 Å². The number of fused-ring (bicyclic) bond motifs is 1. The molecule has 30 heavy (non-hydrogen) atoms. The van der Waals surface area contributed by atoms with Gasteiger partial charge < -0.3 is 5.32 Å². The molecule has 3 aromatic rings. The molecule has 1 fully saturated rings. The van der Waals surface area contributed by atoms with Gasteiger partial charge >= 0.3 is 0 Å². The Balaban J connectivity index is 1.71. The monoisotopic (exact) mass is 404 g/mol. The predicted molar refractivity (Wildman–Crippen MR) is 110 cm³/mol. The van der Waals surface area contributed by atoms with Crippen LogP contribution >= 0.6 is 0 Å². The lowest BCUT2D eigenvalue weighted by Crippen LogP contribution is -2.45. The molecule has 1 aliphatic heterocycles. The van der Waals surface area contributed by atoms with Gasteiger partial charge in [-0.3, -0.25) is 29.1 Å². The maximum Gasteiger partial charge on any atom is 0.262 e. The number of hydrogen-bond donors (Lipinski definition) is 2. The summed E-state index contributed by atoms with van der Waals surface area (Å²) in [5.74, 6) is -0.710. The van der Waals surface area contributed by atoms with Gasteiger partial charge in [0.1, 0.15) is 11.9 Å². The van der Waals surface area contributed by atoms with Crippen molar-refractivity contribution in [3.8, 4) is 0 Å². The van der Waals surface area contributed by atoms with Gasteiger partial charge in [0.25, 0.3) is 11.5 Å². The third kappa shape index (κ3) is 3.59. The smallest absolute Gasteiger partial charge is 0.262 e. The standard InChI is InChI=1S/C22H20N4O4/c1-13-24-16-9-5-8-15(12-23-20(28)14-6-3-2-4-7-14)19(16)22(30)26(13)17-10-11-18(27)25-21(17)29/h2-9,17H,10-12H2,1H3,(H,23,28)(H,25,27,29). The van der Waals surface area contributed by atoms with Crippen molar-refractivity contribution in [1.82, 2.24) is 20.2 Å². The van der Waals surface area contributed by atoms with E-state index in [1.54, 1.807) is 49.4 Å². The minimum absolute atomic E-state index is 0.139. The molecule has 1 aliphatic rings. The SMILES string of the molecule is Cc1nc2cccc(CNC(=O)c3ccccc3)c2c(=O)n1C1CCC(=O)NC1=O. The first-order chi connectivity index (χ1) is 14.5. The van der Waals surface area contributed by atoms with E-state index in [0.29, 0.717) is 27.9 Å². The second-order valence-electron chi connectivity index (χ2n) is 7.16. The normalized spacial score (nSPS) is 16.4. The number of amides is 3. The quantitative estimate of drug-likeness (QED) is 0.642. The molecule has 152 valence electrons. The van der Waals surface area contributed by atoms with E-state index in [1.807, 2.05) is 6.07 Å². The van der Waals surface area contributed by atoms with E-state index in [4.69, 9.17) is 0 Å². The molecule has 4 rings (SSSR count). The Morgan fingerprint density at radius 1 is 1.13 bits per heavy atom. The van der Waals surface area contributed by atoms with E-state index >= 15 is 0 Å². The van der Waals surface area contributed by atoms with Gasteiger partial charge in [0.05, 0.1) is 10.9 Å². The van der Waals surface area contributed by atoms with Crippen molar-refractivity contribution < 1.29 is 14.4 Å². The molecule has 1 atom stereocenters. The van der Waals surface area contributed by atoms with E-state index in [0.717, 1.165) is 0 Å². The Labute approximate surface area is 171 Å². The highest BCUT2D eigenvalue weighted by Gasteiger charge is 2.30. The molecule has 0 saturated carbocycles. The van der Waals surface area contributed by atoms with E-state index < -0.39 is 11.9 Å². The van der Waals surface area contributed by atoms with Crippen LogP contribution in [0.25, 0.3) is 10.9 Å². The van der Waals surface area contributed by atoms with E-state index in [1.165, 1.54) is 4.57 Å². The molecule has 3 amide bonds. The van der Waals surface area contributed by atoms with Crippen LogP contribution in [-0.4, -0.2) is 27.3 Å². The summed E-state index contributed by atoms with van der Waals surface area (Å²) < 4.78 is 1.34. The summed E-state index contributed by atoms with van der Waals surface area (Å²) in [5, 5.41) is 5.45. The summed E-state index contributed by atoms with van der Waals surface area (Å²) in [6.45, 7) is 1.80. The van der Waals surface area contributed by atoms with Crippen LogP contribution in [0, 0.1) is 6.92 Å². The molecule has 0 aliphatic carbocycles. The van der Waals surface area contributed by atoms with Gasteiger partial charge in [-0.2, -0.15) is 0 Å². The second-order valence-corrected chi connectivity index (χ2v) is 7.16. The average molecular weight is 404 g/mol. The first kappa shape index (κ1) is 19.5. The molecule has 1 saturated heterocycles. The Morgan fingerprint density at radius 3 is 2.63 bits per heavy atom. The molecule has 1 aromatic heterocycles. The van der Waals surface area contributed by atoms with Crippen molar-refractivity contribution in [3.05, 3.63) is 75.8 Å². The van der Waals surface area contributed by atoms with Gasteiger partial charge in [0, 0.05) is 18.5 Å². The largest absolute Gasteiger partial charge is 0.348 e. The van der Waals surface area contributed by atoms with Crippen LogP contribution in [0.3, 0.4) is 0 Å². The summed E-state index contributed by atoms with van der Waals surface area (Å²) in [5.41, 5.74) is 1.26. The lowest BCUT2D eigenvalue weighted by Gasteiger charge is -2.24. The first-order valence-corrected chi connectivity index (χ1v) is 9.63. The minimum atomic E-state index is -0.793. The number of imide groups is 1. The Bertz CT molecular complexity index is 1220. The third-order valence-corrected chi connectivity index (χ3v) is 5.19. The van der Waals surface area contributed by atoms with E-state index in [2.05, 4.69) is 15.6 Å². The summed E-state index contributed by atoms with van der Waals surface area (Å²) in [4.78, 5) is 54.0. The maximum absolute atomic E-state index is 13.4. The Hall–Kier alpha value is -3.81. The molecule has 0 bridgehead atoms. The molecule has 1 unspecified atom stereocenters. The molecule has 2 heterocycles. The topological polar surface area (TPSA) is 110 Å². The number of nitrogens with one attached hydrogen (secondary N) is 2. The summed E-state index contributed by atoms with van der Waals surface area (Å²) >= 11 is 0. The van der Waals surface area contributed by atoms with E-state index in [9.17, 15) is 19.2 Å². The number of nitrogens with zero attached hydrogens (tertiary/aromatic N) is 2. The van der Waals surface area contributed by atoms with Gasteiger partial charge in [-0.15, -0.1) is 0 Å². The van der Waals surface area contributed by atoms with Gasteiger partial charge in [0.2, 0.25) is 11.8 Å². The minimum Gasteiger partial charge on any atom is -0.348 e. The number of hydrogen-bond acceptors (Lipinski definition) is 5. The summed E-state index contributed by atoms with van der Waals surface area (Å²) in [6.07, 6.45) is 0.403. The number of carbonyl (C=O) groups is 3.